The van der Waals surface area contributed by atoms with E-state index in [9.17, 15) is 8.78 Å². The lowest BCUT2D eigenvalue weighted by atomic mass is 10.1. The van der Waals surface area contributed by atoms with Crippen molar-refractivity contribution in [2.24, 2.45) is 0 Å². The number of anilines is 1. The van der Waals surface area contributed by atoms with Crippen molar-refractivity contribution in [1.82, 2.24) is 14.5 Å². The molecule has 0 N–H and O–H groups in total. The summed E-state index contributed by atoms with van der Waals surface area (Å²) in [4.78, 5) is 8.18. The average Bonchev–Trinajstić information content (AvgIpc) is 3.18. The summed E-state index contributed by atoms with van der Waals surface area (Å²) in [5.41, 5.74) is 2.36. The smallest absolute Gasteiger partial charge is 0.130 e. The number of imidazole rings is 1. The summed E-state index contributed by atoms with van der Waals surface area (Å²) in [6, 6.07) is 12.3. The summed E-state index contributed by atoms with van der Waals surface area (Å²) in [7, 11) is 4.00. The highest BCUT2D eigenvalue weighted by molar-refractivity contribution is 5.46. The predicted molar refractivity (Wildman–Crippen MR) is 108 cm³/mol. The molecule has 6 heteroatoms. The fourth-order valence-corrected chi connectivity index (χ4v) is 3.17. The number of hydrogen-bond acceptors (Lipinski definition) is 3. The van der Waals surface area contributed by atoms with Gasteiger partial charge in [0.1, 0.15) is 11.6 Å². The van der Waals surface area contributed by atoms with Crippen LogP contribution in [0.15, 0.2) is 61.2 Å². The van der Waals surface area contributed by atoms with Crippen molar-refractivity contribution >= 4 is 5.69 Å². The van der Waals surface area contributed by atoms with Gasteiger partial charge in [-0.3, -0.25) is 4.90 Å². The van der Waals surface area contributed by atoms with Gasteiger partial charge in [-0.25, -0.2) is 13.8 Å². The molecule has 0 atom stereocenters. The van der Waals surface area contributed by atoms with Gasteiger partial charge in [0, 0.05) is 63.9 Å². The number of aryl methyl sites for hydroxylation is 1. The summed E-state index contributed by atoms with van der Waals surface area (Å²) in [6.45, 7) is 2.40. The van der Waals surface area contributed by atoms with E-state index in [0.29, 0.717) is 6.54 Å². The third-order valence-corrected chi connectivity index (χ3v) is 4.75. The highest BCUT2D eigenvalue weighted by atomic mass is 19.1. The molecule has 0 fully saturated rings. The summed E-state index contributed by atoms with van der Waals surface area (Å²) < 4.78 is 30.3. The van der Waals surface area contributed by atoms with Gasteiger partial charge >= 0.3 is 0 Å². The number of rotatable bonds is 9. The molecule has 3 aromatic rings. The van der Waals surface area contributed by atoms with Crippen molar-refractivity contribution in [2.75, 3.05) is 25.5 Å². The zero-order valence-corrected chi connectivity index (χ0v) is 16.4. The molecule has 148 valence electrons. The van der Waals surface area contributed by atoms with Crippen LogP contribution in [-0.2, 0) is 19.6 Å². The first kappa shape index (κ1) is 20.0. The van der Waals surface area contributed by atoms with Crippen LogP contribution in [0.3, 0.4) is 0 Å². The minimum atomic E-state index is -0.498. The highest BCUT2D eigenvalue weighted by Gasteiger charge is 2.14. The van der Waals surface area contributed by atoms with E-state index in [-0.39, 0.29) is 12.1 Å². The molecule has 0 spiro atoms. The molecule has 2 aromatic carbocycles. The Hall–Kier alpha value is -2.73. The standard InChI is InChI=1S/C22H26F2N4/c1-26(2)19-9-7-18(8-10-19)15-28(13-4-12-27-14-11-25-17-27)16-20-21(23)5-3-6-22(20)24/h3,5-11,14,17H,4,12-13,15-16H2,1-2H3. The van der Waals surface area contributed by atoms with Gasteiger partial charge in [-0.05, 0) is 36.2 Å². The maximum Gasteiger partial charge on any atom is 0.130 e. The maximum absolute atomic E-state index is 14.2. The van der Waals surface area contributed by atoms with Crippen LogP contribution in [0.1, 0.15) is 17.5 Å². The van der Waals surface area contributed by atoms with Gasteiger partial charge in [-0.2, -0.15) is 0 Å². The first-order valence-electron chi connectivity index (χ1n) is 9.40. The Balaban J connectivity index is 1.71. The minimum Gasteiger partial charge on any atom is -0.378 e. The Labute approximate surface area is 165 Å². The molecule has 0 radical (unpaired) electrons. The van der Waals surface area contributed by atoms with Gasteiger partial charge in [-0.1, -0.05) is 18.2 Å². The van der Waals surface area contributed by atoms with Gasteiger partial charge < -0.3 is 9.47 Å². The lowest BCUT2D eigenvalue weighted by molar-refractivity contribution is 0.241. The second-order valence-electron chi connectivity index (χ2n) is 7.13. The van der Waals surface area contributed by atoms with E-state index in [0.717, 1.165) is 30.8 Å². The van der Waals surface area contributed by atoms with E-state index in [1.807, 2.05) is 29.8 Å². The summed E-state index contributed by atoms with van der Waals surface area (Å²) >= 11 is 0. The van der Waals surface area contributed by atoms with Crippen molar-refractivity contribution in [3.05, 3.63) is 83.9 Å². The Morgan fingerprint density at radius 3 is 2.29 bits per heavy atom. The second-order valence-corrected chi connectivity index (χ2v) is 7.13. The van der Waals surface area contributed by atoms with Crippen molar-refractivity contribution in [3.63, 3.8) is 0 Å². The fraction of sp³-hybridized carbons (Fsp3) is 0.318. The van der Waals surface area contributed by atoms with Crippen LogP contribution in [0.5, 0.6) is 0 Å². The lowest BCUT2D eigenvalue weighted by Gasteiger charge is -2.23. The van der Waals surface area contributed by atoms with E-state index in [2.05, 4.69) is 34.1 Å². The summed E-state index contributed by atoms with van der Waals surface area (Å²) in [5.74, 6) is -0.995. The molecule has 0 saturated carbocycles. The molecule has 1 aromatic heterocycles. The van der Waals surface area contributed by atoms with Crippen molar-refractivity contribution in [3.8, 4) is 0 Å². The summed E-state index contributed by atoms with van der Waals surface area (Å²) in [6.07, 6.45) is 6.31. The van der Waals surface area contributed by atoms with E-state index in [1.54, 1.807) is 12.5 Å². The second kappa shape index (κ2) is 9.46. The Morgan fingerprint density at radius 1 is 0.964 bits per heavy atom. The number of hydrogen-bond donors (Lipinski definition) is 0. The van der Waals surface area contributed by atoms with Crippen LogP contribution >= 0.6 is 0 Å². The predicted octanol–water partition coefficient (Wildman–Crippen LogP) is 4.32. The minimum absolute atomic E-state index is 0.120. The zero-order valence-electron chi connectivity index (χ0n) is 16.4. The summed E-state index contributed by atoms with van der Waals surface area (Å²) in [5, 5.41) is 0. The lowest BCUT2D eigenvalue weighted by Crippen LogP contribution is -2.26. The Kier molecular flexibility index (Phi) is 6.76. The van der Waals surface area contributed by atoms with E-state index >= 15 is 0 Å². The Morgan fingerprint density at radius 2 is 1.68 bits per heavy atom. The molecule has 0 saturated heterocycles. The molecule has 0 aliphatic heterocycles. The van der Waals surface area contributed by atoms with Gasteiger partial charge in [-0.15, -0.1) is 0 Å². The van der Waals surface area contributed by atoms with Crippen LogP contribution in [-0.4, -0.2) is 35.1 Å². The molecule has 3 rings (SSSR count). The van der Waals surface area contributed by atoms with E-state index in [4.69, 9.17) is 0 Å². The first-order valence-corrected chi connectivity index (χ1v) is 9.40. The molecular weight excluding hydrogens is 358 g/mol. The van der Waals surface area contributed by atoms with Crippen LogP contribution in [0, 0.1) is 11.6 Å². The number of nitrogens with zero attached hydrogens (tertiary/aromatic N) is 4. The molecule has 28 heavy (non-hydrogen) atoms. The number of aromatic nitrogens is 2. The molecule has 0 aliphatic carbocycles. The van der Waals surface area contributed by atoms with Crippen molar-refractivity contribution in [1.29, 1.82) is 0 Å². The number of halogens is 2. The van der Waals surface area contributed by atoms with Crippen LogP contribution in [0.2, 0.25) is 0 Å². The highest BCUT2D eigenvalue weighted by Crippen LogP contribution is 2.18. The Bertz CT molecular complexity index is 841. The largest absolute Gasteiger partial charge is 0.378 e. The quantitative estimate of drug-likeness (QED) is 0.549. The van der Waals surface area contributed by atoms with Crippen LogP contribution < -0.4 is 4.90 Å². The molecule has 0 unspecified atom stereocenters. The molecule has 0 amide bonds. The van der Waals surface area contributed by atoms with Crippen LogP contribution in [0.4, 0.5) is 14.5 Å². The molecule has 0 bridgehead atoms. The molecular formula is C22H26F2N4. The number of benzene rings is 2. The van der Waals surface area contributed by atoms with Crippen LogP contribution in [0.25, 0.3) is 0 Å². The van der Waals surface area contributed by atoms with E-state index < -0.39 is 11.6 Å². The SMILES string of the molecule is CN(C)c1ccc(CN(CCCn2ccnc2)Cc2c(F)cccc2F)cc1. The third kappa shape index (κ3) is 5.39. The van der Waals surface area contributed by atoms with Crippen molar-refractivity contribution < 1.29 is 8.78 Å². The maximum atomic E-state index is 14.2. The normalized spacial score (nSPS) is 11.2. The average molecular weight is 384 g/mol. The first-order chi connectivity index (χ1) is 13.5. The third-order valence-electron chi connectivity index (χ3n) is 4.75. The monoisotopic (exact) mass is 384 g/mol. The van der Waals surface area contributed by atoms with E-state index in [1.165, 1.54) is 18.2 Å². The van der Waals surface area contributed by atoms with Gasteiger partial charge in [0.2, 0.25) is 0 Å². The van der Waals surface area contributed by atoms with Gasteiger partial charge in [0.05, 0.1) is 6.33 Å². The zero-order chi connectivity index (χ0) is 19.9. The molecule has 4 nitrogen and oxygen atoms in total. The van der Waals surface area contributed by atoms with Gasteiger partial charge in [0.25, 0.3) is 0 Å². The fourth-order valence-electron chi connectivity index (χ4n) is 3.17. The molecule has 0 aliphatic rings. The molecule has 1 heterocycles. The van der Waals surface area contributed by atoms with Crippen molar-refractivity contribution in [2.45, 2.75) is 26.1 Å². The topological polar surface area (TPSA) is 24.3 Å². The van der Waals surface area contributed by atoms with Gasteiger partial charge in [0.15, 0.2) is 0 Å².